The number of benzene rings is 2. The molecule has 0 aliphatic carbocycles. The number of hydrogen-bond acceptors (Lipinski definition) is 5. The van der Waals surface area contributed by atoms with Crippen molar-refractivity contribution < 1.29 is 23.9 Å². The van der Waals surface area contributed by atoms with Crippen molar-refractivity contribution >= 4 is 17.6 Å². The lowest BCUT2D eigenvalue weighted by Crippen LogP contribution is -2.26. The normalized spacial score (nSPS) is 12.6. The Hall–Kier alpha value is -3.35. The maximum absolute atomic E-state index is 12.5. The summed E-state index contributed by atoms with van der Waals surface area (Å²) in [5.74, 6) is 0.832. The molecule has 1 N–H and O–H groups in total. The second-order valence-electron chi connectivity index (χ2n) is 7.16. The van der Waals surface area contributed by atoms with Gasteiger partial charge in [0.1, 0.15) is 0 Å². The lowest BCUT2D eigenvalue weighted by atomic mass is 10.1. The highest BCUT2D eigenvalue weighted by atomic mass is 16.5. The number of fused-ring (bicyclic) bond motifs is 1. The third-order valence-electron chi connectivity index (χ3n) is 4.92. The van der Waals surface area contributed by atoms with Crippen LogP contribution in [0.2, 0.25) is 0 Å². The predicted molar refractivity (Wildman–Crippen MR) is 112 cm³/mol. The molecule has 1 heterocycles. The molecule has 0 spiro atoms. The van der Waals surface area contributed by atoms with Crippen molar-refractivity contribution in [2.75, 3.05) is 27.3 Å². The first-order chi connectivity index (χ1) is 14.5. The Kier molecular flexibility index (Phi) is 7.06. The summed E-state index contributed by atoms with van der Waals surface area (Å²) < 4.78 is 11.2. The molecule has 158 valence electrons. The molecule has 0 fully saturated rings. The highest BCUT2D eigenvalue weighted by molar-refractivity contribution is 5.98. The van der Waals surface area contributed by atoms with Crippen molar-refractivity contribution in [2.45, 2.75) is 25.8 Å². The summed E-state index contributed by atoms with van der Waals surface area (Å²) in [6.45, 7) is 1.55. The third-order valence-corrected chi connectivity index (χ3v) is 4.92. The van der Waals surface area contributed by atoms with Gasteiger partial charge < -0.3 is 19.7 Å². The summed E-state index contributed by atoms with van der Waals surface area (Å²) in [5.41, 5.74) is 1.99. The number of nitrogens with one attached hydrogen (secondary N) is 1. The van der Waals surface area contributed by atoms with E-state index in [9.17, 15) is 14.4 Å². The fourth-order valence-electron chi connectivity index (χ4n) is 3.16. The molecule has 3 rings (SSSR count). The van der Waals surface area contributed by atoms with E-state index >= 15 is 0 Å². The van der Waals surface area contributed by atoms with Crippen LogP contribution in [0.1, 0.15) is 45.5 Å². The molecule has 0 saturated heterocycles. The van der Waals surface area contributed by atoms with E-state index in [2.05, 4.69) is 5.32 Å². The van der Waals surface area contributed by atoms with E-state index in [0.29, 0.717) is 42.4 Å². The summed E-state index contributed by atoms with van der Waals surface area (Å²) in [7, 11) is 3.28. The number of ketones is 1. The quantitative estimate of drug-likeness (QED) is 0.710. The number of ether oxygens (including phenoxy) is 2. The monoisotopic (exact) mass is 410 g/mol. The van der Waals surface area contributed by atoms with Crippen molar-refractivity contribution in [2.24, 2.45) is 0 Å². The van der Waals surface area contributed by atoms with Crippen LogP contribution < -0.4 is 14.8 Å². The van der Waals surface area contributed by atoms with E-state index in [-0.39, 0.29) is 30.4 Å². The van der Waals surface area contributed by atoms with Crippen LogP contribution in [0.15, 0.2) is 42.5 Å². The second kappa shape index (κ2) is 9.91. The van der Waals surface area contributed by atoms with Gasteiger partial charge in [-0.05, 0) is 35.9 Å². The molecule has 1 aliphatic rings. The molecule has 0 bridgehead atoms. The number of nitrogens with zero attached hydrogens (tertiary/aromatic N) is 1. The first-order valence-corrected chi connectivity index (χ1v) is 9.96. The molecule has 7 nitrogen and oxygen atoms in total. The van der Waals surface area contributed by atoms with E-state index in [1.807, 2.05) is 12.1 Å². The number of carbonyl (C=O) groups is 3. The van der Waals surface area contributed by atoms with Gasteiger partial charge in [0, 0.05) is 51.0 Å². The molecular weight excluding hydrogens is 384 g/mol. The molecule has 7 heteroatoms. The maximum Gasteiger partial charge on any atom is 0.251 e. The zero-order valence-electron chi connectivity index (χ0n) is 17.3. The highest BCUT2D eigenvalue weighted by Gasteiger charge is 2.17. The van der Waals surface area contributed by atoms with E-state index in [4.69, 9.17) is 9.47 Å². The SMILES string of the molecule is CNC(=O)c1ccc(CN(C)C(=O)CCC(=O)c2ccc3c(c2)OCCCO3)cc1. The summed E-state index contributed by atoms with van der Waals surface area (Å²) in [5, 5.41) is 2.57. The average Bonchev–Trinajstić information content (AvgIpc) is 3.02. The van der Waals surface area contributed by atoms with Crippen molar-refractivity contribution in [3.8, 4) is 11.5 Å². The first kappa shape index (κ1) is 21.4. The van der Waals surface area contributed by atoms with Crippen LogP contribution >= 0.6 is 0 Å². The van der Waals surface area contributed by atoms with Crippen molar-refractivity contribution in [1.29, 1.82) is 0 Å². The highest BCUT2D eigenvalue weighted by Crippen LogP contribution is 2.30. The van der Waals surface area contributed by atoms with Gasteiger partial charge in [-0.2, -0.15) is 0 Å². The van der Waals surface area contributed by atoms with Gasteiger partial charge in [-0.25, -0.2) is 0 Å². The predicted octanol–water partition coefficient (Wildman–Crippen LogP) is 2.83. The largest absolute Gasteiger partial charge is 0.490 e. The zero-order chi connectivity index (χ0) is 21.5. The van der Waals surface area contributed by atoms with Gasteiger partial charge in [0.2, 0.25) is 5.91 Å². The molecule has 2 aromatic rings. The number of carbonyl (C=O) groups excluding carboxylic acids is 3. The first-order valence-electron chi connectivity index (χ1n) is 9.96. The lowest BCUT2D eigenvalue weighted by molar-refractivity contribution is -0.130. The van der Waals surface area contributed by atoms with Crippen LogP contribution in [0.4, 0.5) is 0 Å². The number of Topliss-reactive ketones (excluding diaryl/α,β-unsaturated/α-hetero) is 1. The fourth-order valence-corrected chi connectivity index (χ4v) is 3.16. The minimum absolute atomic E-state index is 0.109. The lowest BCUT2D eigenvalue weighted by Gasteiger charge is -2.17. The molecule has 30 heavy (non-hydrogen) atoms. The molecule has 0 atom stereocenters. The summed E-state index contributed by atoms with van der Waals surface area (Å²) >= 11 is 0. The van der Waals surface area contributed by atoms with Crippen LogP contribution in [-0.2, 0) is 11.3 Å². The molecule has 2 amide bonds. The smallest absolute Gasteiger partial charge is 0.251 e. The van der Waals surface area contributed by atoms with Gasteiger partial charge in [0.15, 0.2) is 17.3 Å². The average molecular weight is 410 g/mol. The molecule has 1 aliphatic heterocycles. The minimum Gasteiger partial charge on any atom is -0.490 e. The molecule has 2 aromatic carbocycles. The van der Waals surface area contributed by atoms with Gasteiger partial charge in [-0.1, -0.05) is 12.1 Å². The standard InChI is InChI=1S/C23H26N2O5/c1-24-23(28)17-6-4-16(5-7-17)15-25(2)22(27)11-9-19(26)18-8-10-20-21(14-18)30-13-3-12-29-20/h4-8,10,14H,3,9,11-13,15H2,1-2H3,(H,24,28). The van der Waals surface area contributed by atoms with Gasteiger partial charge >= 0.3 is 0 Å². The van der Waals surface area contributed by atoms with E-state index in [1.165, 1.54) is 0 Å². The Labute approximate surface area is 176 Å². The molecular formula is C23H26N2O5. The fraction of sp³-hybridized carbons (Fsp3) is 0.348. The third kappa shape index (κ3) is 5.37. The molecule has 0 aromatic heterocycles. The Bertz CT molecular complexity index is 924. The number of hydrogen-bond donors (Lipinski definition) is 1. The van der Waals surface area contributed by atoms with E-state index < -0.39 is 0 Å². The van der Waals surface area contributed by atoms with E-state index in [1.54, 1.807) is 49.3 Å². The summed E-state index contributed by atoms with van der Waals surface area (Å²) in [6, 6.07) is 12.2. The Morgan fingerprint density at radius 3 is 2.30 bits per heavy atom. The van der Waals surface area contributed by atoms with Crippen LogP contribution in [0, 0.1) is 0 Å². The zero-order valence-corrected chi connectivity index (χ0v) is 17.3. The Balaban J connectivity index is 1.52. The van der Waals surface area contributed by atoms with Gasteiger partial charge in [0.05, 0.1) is 13.2 Å². The second-order valence-corrected chi connectivity index (χ2v) is 7.16. The van der Waals surface area contributed by atoms with Gasteiger partial charge in [-0.3, -0.25) is 14.4 Å². The summed E-state index contributed by atoms with van der Waals surface area (Å²) in [4.78, 5) is 38.1. The molecule has 0 radical (unpaired) electrons. The van der Waals surface area contributed by atoms with Crippen LogP contribution in [0.5, 0.6) is 11.5 Å². The number of rotatable bonds is 7. The maximum atomic E-state index is 12.5. The van der Waals surface area contributed by atoms with Gasteiger partial charge in [-0.15, -0.1) is 0 Å². The molecule has 0 saturated carbocycles. The van der Waals surface area contributed by atoms with Crippen LogP contribution in [-0.4, -0.2) is 49.8 Å². The van der Waals surface area contributed by atoms with Gasteiger partial charge in [0.25, 0.3) is 5.91 Å². The molecule has 0 unspecified atom stereocenters. The summed E-state index contributed by atoms with van der Waals surface area (Å²) in [6.07, 6.45) is 1.05. The van der Waals surface area contributed by atoms with Crippen LogP contribution in [0.3, 0.4) is 0 Å². The van der Waals surface area contributed by atoms with Crippen molar-refractivity contribution in [3.05, 3.63) is 59.2 Å². The van der Waals surface area contributed by atoms with Crippen molar-refractivity contribution in [1.82, 2.24) is 10.2 Å². The Morgan fingerprint density at radius 1 is 0.933 bits per heavy atom. The Morgan fingerprint density at radius 2 is 1.60 bits per heavy atom. The minimum atomic E-state index is -0.153. The number of amides is 2. The van der Waals surface area contributed by atoms with E-state index in [0.717, 1.165) is 12.0 Å². The topological polar surface area (TPSA) is 84.9 Å². The van der Waals surface area contributed by atoms with Crippen molar-refractivity contribution in [3.63, 3.8) is 0 Å². The van der Waals surface area contributed by atoms with Crippen LogP contribution in [0.25, 0.3) is 0 Å².